The number of ether oxygens (including phenoxy) is 1. The highest BCUT2D eigenvalue weighted by molar-refractivity contribution is 7.98. The highest BCUT2D eigenvalue weighted by Crippen LogP contribution is 2.27. The van der Waals surface area contributed by atoms with Crippen molar-refractivity contribution in [2.24, 2.45) is 0 Å². The number of halogens is 1. The number of hydrogen-bond donors (Lipinski definition) is 0. The van der Waals surface area contributed by atoms with E-state index in [1.165, 1.54) is 23.9 Å². The summed E-state index contributed by atoms with van der Waals surface area (Å²) in [4.78, 5) is 0.844. The van der Waals surface area contributed by atoms with Crippen LogP contribution in [0.2, 0.25) is 0 Å². The lowest BCUT2D eigenvalue weighted by Gasteiger charge is -2.07. The van der Waals surface area contributed by atoms with Crippen LogP contribution in [-0.2, 0) is 0 Å². The molecule has 1 rings (SSSR count). The van der Waals surface area contributed by atoms with Gasteiger partial charge < -0.3 is 4.74 Å². The first kappa shape index (κ1) is 9.39. The minimum atomic E-state index is -0.220. The zero-order valence-electron chi connectivity index (χ0n) is 7.13. The van der Waals surface area contributed by atoms with Gasteiger partial charge in [0.05, 0.1) is 11.5 Å². The minimum absolute atomic E-state index is 0.220. The first-order valence-corrected chi connectivity index (χ1v) is 4.96. The normalized spacial score (nSPS) is 9.92. The molecule has 12 heavy (non-hydrogen) atoms. The molecule has 0 heterocycles. The Kier molecular flexibility index (Phi) is 3.41. The summed E-state index contributed by atoms with van der Waals surface area (Å²) in [5, 5.41) is 0. The highest BCUT2D eigenvalue weighted by Gasteiger charge is 2.02. The van der Waals surface area contributed by atoms with Gasteiger partial charge in [0.25, 0.3) is 0 Å². The molecule has 1 nitrogen and oxygen atoms in total. The van der Waals surface area contributed by atoms with E-state index >= 15 is 0 Å². The van der Waals surface area contributed by atoms with Gasteiger partial charge in [0.15, 0.2) is 0 Å². The molecule has 0 fully saturated rings. The third-order valence-corrected chi connectivity index (χ3v) is 2.18. The largest absolute Gasteiger partial charge is 0.493 e. The zero-order valence-corrected chi connectivity index (χ0v) is 7.95. The molecule has 1 aromatic rings. The number of benzene rings is 1. The lowest BCUT2D eigenvalue weighted by molar-refractivity contribution is 0.331. The Morgan fingerprint density at radius 3 is 2.83 bits per heavy atom. The Bertz CT molecular complexity index is 263. The van der Waals surface area contributed by atoms with Gasteiger partial charge in [-0.3, -0.25) is 0 Å². The van der Waals surface area contributed by atoms with Gasteiger partial charge in [-0.25, -0.2) is 4.39 Å². The fourth-order valence-electron chi connectivity index (χ4n) is 0.916. The number of thioether (sulfide) groups is 1. The van der Waals surface area contributed by atoms with Gasteiger partial charge in [0.2, 0.25) is 0 Å². The summed E-state index contributed by atoms with van der Waals surface area (Å²) in [5.41, 5.74) is 0. The van der Waals surface area contributed by atoms with Crippen LogP contribution < -0.4 is 4.74 Å². The van der Waals surface area contributed by atoms with E-state index in [0.29, 0.717) is 6.61 Å². The molecule has 0 atom stereocenters. The lowest BCUT2D eigenvalue weighted by atomic mass is 10.3. The molecule has 0 amide bonds. The van der Waals surface area contributed by atoms with Gasteiger partial charge >= 0.3 is 0 Å². The molecule has 66 valence electrons. The fourth-order valence-corrected chi connectivity index (χ4v) is 1.47. The minimum Gasteiger partial charge on any atom is -0.493 e. The van der Waals surface area contributed by atoms with Crippen LogP contribution in [0.3, 0.4) is 0 Å². The van der Waals surface area contributed by atoms with E-state index in [9.17, 15) is 4.39 Å². The van der Waals surface area contributed by atoms with Crippen LogP contribution >= 0.6 is 11.8 Å². The molecule has 0 aromatic heterocycles. The van der Waals surface area contributed by atoms with Crippen molar-refractivity contribution in [3.8, 4) is 5.75 Å². The summed E-state index contributed by atoms with van der Waals surface area (Å²) in [6.07, 6.45) is 1.90. The van der Waals surface area contributed by atoms with Crippen LogP contribution in [-0.4, -0.2) is 12.9 Å². The number of hydrogen-bond acceptors (Lipinski definition) is 2. The van der Waals surface area contributed by atoms with Gasteiger partial charge in [0, 0.05) is 0 Å². The molecular formula is C9H11FOS. The molecule has 3 heteroatoms. The molecule has 0 aliphatic heterocycles. The summed E-state index contributed by atoms with van der Waals surface area (Å²) in [5.74, 6) is 0.536. The quantitative estimate of drug-likeness (QED) is 0.671. The predicted molar refractivity (Wildman–Crippen MR) is 49.4 cm³/mol. The summed E-state index contributed by atoms with van der Waals surface area (Å²) in [6.45, 7) is 2.52. The Labute approximate surface area is 75.9 Å². The van der Waals surface area contributed by atoms with Crippen LogP contribution in [0.4, 0.5) is 4.39 Å². The van der Waals surface area contributed by atoms with Gasteiger partial charge in [0.1, 0.15) is 11.6 Å². The third kappa shape index (κ3) is 2.14. The maximum Gasteiger partial charge on any atom is 0.133 e. The van der Waals surface area contributed by atoms with Crippen molar-refractivity contribution in [3.63, 3.8) is 0 Å². The molecule has 1 aromatic carbocycles. The van der Waals surface area contributed by atoms with E-state index in [-0.39, 0.29) is 5.82 Å². The molecule has 0 bridgehead atoms. The topological polar surface area (TPSA) is 9.23 Å². The lowest BCUT2D eigenvalue weighted by Crippen LogP contribution is -1.93. The first-order chi connectivity index (χ1) is 5.77. The van der Waals surface area contributed by atoms with Crippen LogP contribution in [0.5, 0.6) is 5.75 Å². The highest BCUT2D eigenvalue weighted by atomic mass is 32.2. The second-order valence-corrected chi connectivity index (χ2v) is 3.08. The molecule has 0 spiro atoms. The molecule has 0 saturated carbocycles. The van der Waals surface area contributed by atoms with E-state index in [1.54, 1.807) is 6.07 Å². The fraction of sp³-hybridized carbons (Fsp3) is 0.333. The van der Waals surface area contributed by atoms with E-state index in [2.05, 4.69) is 0 Å². The molecule has 0 unspecified atom stereocenters. The van der Waals surface area contributed by atoms with E-state index in [0.717, 1.165) is 10.6 Å². The zero-order chi connectivity index (χ0) is 8.97. The van der Waals surface area contributed by atoms with Gasteiger partial charge in [-0.05, 0) is 31.4 Å². The first-order valence-electron chi connectivity index (χ1n) is 3.74. The average molecular weight is 186 g/mol. The molecule has 0 N–H and O–H groups in total. The smallest absolute Gasteiger partial charge is 0.133 e. The van der Waals surface area contributed by atoms with Crippen molar-refractivity contribution < 1.29 is 9.13 Å². The standard InChI is InChI=1S/C9H11FOS/c1-3-11-8-5-4-7(10)6-9(8)12-2/h4-6H,3H2,1-2H3. The second kappa shape index (κ2) is 4.36. The molecule has 0 radical (unpaired) electrons. The van der Waals surface area contributed by atoms with Gasteiger partial charge in [-0.15, -0.1) is 11.8 Å². The van der Waals surface area contributed by atoms with E-state index in [4.69, 9.17) is 4.74 Å². The van der Waals surface area contributed by atoms with Crippen molar-refractivity contribution in [1.29, 1.82) is 0 Å². The van der Waals surface area contributed by atoms with Crippen molar-refractivity contribution in [3.05, 3.63) is 24.0 Å². The van der Waals surface area contributed by atoms with Gasteiger partial charge in [-0.2, -0.15) is 0 Å². The summed E-state index contributed by atoms with van der Waals surface area (Å²) in [7, 11) is 0. The van der Waals surface area contributed by atoms with Crippen molar-refractivity contribution in [2.45, 2.75) is 11.8 Å². The van der Waals surface area contributed by atoms with Crippen LogP contribution in [0.15, 0.2) is 23.1 Å². The Morgan fingerprint density at radius 2 is 2.25 bits per heavy atom. The maximum atomic E-state index is 12.7. The molecular weight excluding hydrogens is 175 g/mol. The molecule has 0 aliphatic rings. The van der Waals surface area contributed by atoms with Crippen LogP contribution in [0.1, 0.15) is 6.92 Å². The maximum absolute atomic E-state index is 12.7. The Hall–Kier alpha value is -0.700. The Balaban J connectivity index is 2.94. The molecule has 0 saturated heterocycles. The van der Waals surface area contributed by atoms with Crippen molar-refractivity contribution in [2.75, 3.05) is 12.9 Å². The summed E-state index contributed by atoms with van der Waals surface area (Å²) in [6, 6.07) is 4.55. The van der Waals surface area contributed by atoms with Crippen molar-refractivity contribution in [1.82, 2.24) is 0 Å². The summed E-state index contributed by atoms with van der Waals surface area (Å²) >= 11 is 1.48. The Morgan fingerprint density at radius 1 is 1.50 bits per heavy atom. The van der Waals surface area contributed by atoms with E-state index < -0.39 is 0 Å². The third-order valence-electron chi connectivity index (χ3n) is 1.43. The van der Waals surface area contributed by atoms with Crippen molar-refractivity contribution >= 4 is 11.8 Å². The summed E-state index contributed by atoms with van der Waals surface area (Å²) < 4.78 is 18.0. The molecule has 0 aliphatic carbocycles. The monoisotopic (exact) mass is 186 g/mol. The van der Waals surface area contributed by atoms with Gasteiger partial charge in [-0.1, -0.05) is 0 Å². The van der Waals surface area contributed by atoms with E-state index in [1.807, 2.05) is 13.2 Å². The number of rotatable bonds is 3. The average Bonchev–Trinajstić information content (AvgIpc) is 2.08. The van der Waals surface area contributed by atoms with Crippen LogP contribution in [0, 0.1) is 5.82 Å². The van der Waals surface area contributed by atoms with Crippen LogP contribution in [0.25, 0.3) is 0 Å². The second-order valence-electron chi connectivity index (χ2n) is 2.23. The predicted octanol–water partition coefficient (Wildman–Crippen LogP) is 2.95. The SMILES string of the molecule is CCOc1ccc(F)cc1SC.